The van der Waals surface area contributed by atoms with Crippen LogP contribution >= 0.6 is 11.8 Å². The zero-order valence-corrected chi connectivity index (χ0v) is 24.1. The van der Waals surface area contributed by atoms with Crippen molar-refractivity contribution in [2.75, 3.05) is 14.2 Å². The Morgan fingerprint density at radius 2 is 1.60 bits per heavy atom. The zero-order chi connectivity index (χ0) is 33.6. The Balaban J connectivity index is 1.71. The monoisotopic (exact) mass is 664 g/mol. The average Bonchev–Trinajstić information content (AvgIpc) is 3.39. The minimum absolute atomic E-state index is 0.00770. The molecule has 0 amide bonds. The summed E-state index contributed by atoms with van der Waals surface area (Å²) in [5.41, 5.74) is -7.92. The van der Waals surface area contributed by atoms with E-state index in [0.717, 1.165) is 14.2 Å². The van der Waals surface area contributed by atoms with Gasteiger partial charge in [0, 0.05) is 6.42 Å². The van der Waals surface area contributed by atoms with Gasteiger partial charge in [0.1, 0.15) is 16.7 Å². The van der Waals surface area contributed by atoms with Crippen LogP contribution < -0.4 is 5.43 Å². The first-order chi connectivity index (χ1) is 20.8. The Hall–Kier alpha value is -4.25. The molecule has 0 radical (unpaired) electrons. The van der Waals surface area contributed by atoms with Gasteiger partial charge in [0.25, 0.3) is 0 Å². The fraction of sp³-hybridized carbons (Fsp3) is 0.357. The molecule has 0 bridgehead atoms. The molecule has 2 N–H and O–H groups in total. The van der Waals surface area contributed by atoms with Crippen molar-refractivity contribution in [2.45, 2.75) is 54.2 Å². The number of hydrogen-bond acceptors (Lipinski definition) is 11. The van der Waals surface area contributed by atoms with Gasteiger partial charge in [0.2, 0.25) is 11.5 Å². The highest BCUT2D eigenvalue weighted by Crippen LogP contribution is 2.45. The van der Waals surface area contributed by atoms with Gasteiger partial charge in [-0.3, -0.25) is 4.79 Å². The second-order valence-corrected chi connectivity index (χ2v) is 11.2. The molecule has 0 aliphatic carbocycles. The molecule has 0 saturated heterocycles. The summed E-state index contributed by atoms with van der Waals surface area (Å²) in [6.45, 7) is 1.62. The van der Waals surface area contributed by atoms with Crippen LogP contribution in [0.1, 0.15) is 39.0 Å². The number of aliphatic hydroxyl groups is 1. The summed E-state index contributed by atoms with van der Waals surface area (Å²) in [6, 6.07) is 2.69. The van der Waals surface area contributed by atoms with Crippen molar-refractivity contribution < 1.29 is 69.6 Å². The largest absolute Gasteiger partial charge is 0.507 e. The third-order valence-electron chi connectivity index (χ3n) is 6.92. The van der Waals surface area contributed by atoms with Gasteiger partial charge in [-0.15, -0.1) is 0 Å². The number of thioether (sulfide) groups is 1. The first-order valence-electron chi connectivity index (χ1n) is 12.6. The fourth-order valence-electron chi connectivity index (χ4n) is 4.72. The molecule has 17 heteroatoms. The van der Waals surface area contributed by atoms with Crippen LogP contribution in [-0.2, 0) is 42.6 Å². The normalized spacial score (nSPS) is 16.9. The Morgan fingerprint density at radius 1 is 1.00 bits per heavy atom. The van der Waals surface area contributed by atoms with Crippen LogP contribution in [0.2, 0.25) is 0 Å². The number of methoxy groups -OCH3 is 2. The number of carbonyl (C=O) groups excluding carboxylic acids is 3. The Morgan fingerprint density at radius 3 is 2.13 bits per heavy atom. The van der Waals surface area contributed by atoms with Crippen molar-refractivity contribution in [3.8, 4) is 5.75 Å². The van der Waals surface area contributed by atoms with E-state index in [9.17, 15) is 55.7 Å². The van der Waals surface area contributed by atoms with Gasteiger partial charge in [0.05, 0.1) is 41.7 Å². The zero-order valence-electron chi connectivity index (χ0n) is 23.3. The second kappa shape index (κ2) is 11.9. The van der Waals surface area contributed by atoms with Gasteiger partial charge in [-0.05, 0) is 49.2 Å². The van der Waals surface area contributed by atoms with Crippen molar-refractivity contribution in [1.29, 1.82) is 0 Å². The third-order valence-corrected chi connectivity index (χ3v) is 8.30. The number of phenolic OH excluding ortho intramolecular Hbond substituents is 1. The highest BCUT2D eigenvalue weighted by Gasteiger charge is 2.53. The van der Waals surface area contributed by atoms with E-state index in [4.69, 9.17) is 9.15 Å². The molecule has 1 aromatic heterocycles. The molecule has 1 aliphatic rings. The number of alkyl halides is 6. The minimum atomic E-state index is -5.30. The topological polar surface area (TPSA) is 150 Å². The van der Waals surface area contributed by atoms with Crippen LogP contribution in [0.5, 0.6) is 5.75 Å². The number of esters is 3. The molecule has 2 heterocycles. The fourth-order valence-corrected chi connectivity index (χ4v) is 6.07. The molecule has 1 aliphatic heterocycles. The maximum absolute atomic E-state index is 13.3. The minimum Gasteiger partial charge on any atom is -0.507 e. The summed E-state index contributed by atoms with van der Waals surface area (Å²) in [4.78, 5) is 51.6. The van der Waals surface area contributed by atoms with Crippen molar-refractivity contribution >= 4 is 40.6 Å². The first kappa shape index (κ1) is 33.6. The number of hydrogen-bond donors (Lipinski definition) is 2. The van der Waals surface area contributed by atoms with Crippen LogP contribution in [0.4, 0.5) is 26.3 Å². The van der Waals surface area contributed by atoms with Crippen molar-refractivity contribution in [3.05, 3.63) is 68.4 Å². The van der Waals surface area contributed by atoms with Gasteiger partial charge in [0.15, 0.2) is 10.7 Å². The number of aromatic hydroxyl groups is 1. The molecule has 45 heavy (non-hydrogen) atoms. The van der Waals surface area contributed by atoms with E-state index in [1.807, 2.05) is 0 Å². The van der Waals surface area contributed by atoms with Gasteiger partial charge in [-0.1, -0.05) is 11.8 Å². The van der Waals surface area contributed by atoms with E-state index in [-0.39, 0.29) is 45.6 Å². The predicted molar refractivity (Wildman–Crippen MR) is 141 cm³/mol. The smallest absolute Gasteiger partial charge is 0.416 e. The number of rotatable bonds is 7. The molecule has 4 rings (SSSR count). The highest BCUT2D eigenvalue weighted by molar-refractivity contribution is 8.00. The first-order valence-corrected chi connectivity index (χ1v) is 13.5. The molecule has 2 aromatic carbocycles. The molecule has 242 valence electrons. The number of phenols is 1. The summed E-state index contributed by atoms with van der Waals surface area (Å²) in [5, 5.41) is 20.3. The lowest BCUT2D eigenvalue weighted by Crippen LogP contribution is -2.53. The van der Waals surface area contributed by atoms with E-state index in [1.165, 1.54) is 12.1 Å². The van der Waals surface area contributed by atoms with E-state index in [1.54, 1.807) is 6.92 Å². The molecular formula is C28H22F6O10S. The lowest BCUT2D eigenvalue weighted by Gasteiger charge is -2.32. The second-order valence-electron chi connectivity index (χ2n) is 10.00. The van der Waals surface area contributed by atoms with Crippen LogP contribution in [0.15, 0.2) is 44.6 Å². The molecule has 3 aromatic rings. The lowest BCUT2D eigenvalue weighted by molar-refractivity contribution is -0.170. The average molecular weight is 665 g/mol. The molecule has 10 nitrogen and oxygen atoms in total. The summed E-state index contributed by atoms with van der Waals surface area (Å²) >= 11 is 0.672. The van der Waals surface area contributed by atoms with Crippen molar-refractivity contribution in [1.82, 2.24) is 0 Å². The van der Waals surface area contributed by atoms with Crippen LogP contribution in [0, 0.1) is 6.92 Å². The third kappa shape index (κ3) is 6.58. The summed E-state index contributed by atoms with van der Waals surface area (Å²) in [5.74, 6) is -5.06. The van der Waals surface area contributed by atoms with Gasteiger partial charge in [-0.2, -0.15) is 26.3 Å². The van der Waals surface area contributed by atoms with Crippen LogP contribution in [0.3, 0.4) is 0 Å². The van der Waals surface area contributed by atoms with E-state index < -0.39 is 82.2 Å². The number of ether oxygens (including phenoxy) is 3. The van der Waals surface area contributed by atoms with Gasteiger partial charge < -0.3 is 28.8 Å². The predicted octanol–water partition coefficient (Wildman–Crippen LogP) is 4.55. The summed E-state index contributed by atoms with van der Waals surface area (Å²) in [7, 11) is 1.66. The Bertz CT molecular complexity index is 1720. The van der Waals surface area contributed by atoms with Gasteiger partial charge >= 0.3 is 30.3 Å². The highest BCUT2D eigenvalue weighted by atomic mass is 32.2. The molecular weight excluding hydrogens is 642 g/mol. The SMILES string of the molecule is COC(=O)[C@@H](C[C@](O)(C(=O)OC)[C@@H]1Cc2c(oc3cc(C)cc(O)c3c2=O)S1)OC(=O)c1cc(C(F)(F)F)cc(C(F)(F)F)c1. The maximum atomic E-state index is 13.3. The van der Waals surface area contributed by atoms with E-state index in [2.05, 4.69) is 9.47 Å². The van der Waals surface area contributed by atoms with Crippen LogP contribution in [-0.4, -0.2) is 59.3 Å². The number of halogens is 6. The van der Waals surface area contributed by atoms with Gasteiger partial charge in [-0.25, -0.2) is 14.4 Å². The molecule has 3 atom stereocenters. The Labute approximate surface area is 252 Å². The molecule has 0 spiro atoms. The van der Waals surface area contributed by atoms with Crippen LogP contribution in [0.25, 0.3) is 11.0 Å². The van der Waals surface area contributed by atoms with E-state index in [0.29, 0.717) is 17.3 Å². The molecule has 0 fully saturated rings. The summed E-state index contributed by atoms with van der Waals surface area (Å²) < 4.78 is 99.8. The number of carbonyl (C=O) groups is 3. The molecule has 0 unspecified atom stereocenters. The lowest BCUT2D eigenvalue weighted by atomic mass is 9.88. The molecule has 0 saturated carbocycles. The van der Waals surface area contributed by atoms with Crippen molar-refractivity contribution in [2.24, 2.45) is 0 Å². The maximum Gasteiger partial charge on any atom is 0.416 e. The standard InChI is InChI=1S/C28H22F6O10S/c1-11-4-16(35)20-17(5-11)44-24-15(21(20)36)9-19(45-24)26(40,25(39)42-3)10-18(23(38)41-2)43-22(37)12-6-13(27(29,30)31)8-14(7-12)28(32,33)34/h4-8,18-19,35,40H,9-10H2,1-3H3/t18-,19+,26-/m1/s1. The number of aryl methyl sites for hydroxylation is 1. The van der Waals surface area contributed by atoms with E-state index >= 15 is 0 Å². The number of benzene rings is 2. The Kier molecular flexibility index (Phi) is 8.91. The summed E-state index contributed by atoms with van der Waals surface area (Å²) in [6.07, 6.45) is -14.4. The number of fused-ring (bicyclic) bond motifs is 2. The van der Waals surface area contributed by atoms with Crippen molar-refractivity contribution in [3.63, 3.8) is 0 Å². The quantitative estimate of drug-likeness (QED) is 0.208.